The van der Waals surface area contributed by atoms with Crippen LogP contribution in [0.3, 0.4) is 0 Å². The van der Waals surface area contributed by atoms with Crippen LogP contribution >= 0.6 is 0 Å². The normalized spacial score (nSPS) is 16.1. The first-order valence-corrected chi connectivity index (χ1v) is 8.56. The molecule has 26 heavy (non-hydrogen) atoms. The zero-order valence-electron chi connectivity index (χ0n) is 15.5. The summed E-state index contributed by atoms with van der Waals surface area (Å²) in [5.41, 5.74) is 0.425. The molecule has 1 aromatic carbocycles. The number of urea groups is 1. The van der Waals surface area contributed by atoms with Crippen LogP contribution in [0.15, 0.2) is 36.7 Å². The molecular formula is C19H24N4O3. The number of aromatic nitrogens is 2. The minimum Gasteiger partial charge on any atom is -0.486 e. The average Bonchev–Trinajstić information content (AvgIpc) is 2.61. The Labute approximate surface area is 153 Å². The molecule has 2 amide bonds. The van der Waals surface area contributed by atoms with E-state index < -0.39 is 0 Å². The number of fused-ring (bicyclic) bond motifs is 1. The van der Waals surface area contributed by atoms with Crippen LogP contribution in [0.2, 0.25) is 0 Å². The summed E-state index contributed by atoms with van der Waals surface area (Å²) in [6.07, 6.45) is 3.02. The third-order valence-corrected chi connectivity index (χ3v) is 3.97. The number of nitrogens with one attached hydrogen (secondary N) is 1. The van der Waals surface area contributed by atoms with Crippen molar-refractivity contribution in [3.63, 3.8) is 0 Å². The molecule has 0 radical (unpaired) electrons. The molecule has 0 aliphatic carbocycles. The third kappa shape index (κ3) is 4.22. The van der Waals surface area contributed by atoms with Crippen molar-refractivity contribution < 1.29 is 14.3 Å². The lowest BCUT2D eigenvalue weighted by Gasteiger charge is -2.29. The van der Waals surface area contributed by atoms with Gasteiger partial charge in [0.25, 0.3) is 0 Å². The van der Waals surface area contributed by atoms with Crippen molar-refractivity contribution in [2.24, 2.45) is 0 Å². The second-order valence-electron chi connectivity index (χ2n) is 7.35. The van der Waals surface area contributed by atoms with Crippen molar-refractivity contribution >= 4 is 11.7 Å². The summed E-state index contributed by atoms with van der Waals surface area (Å²) < 4.78 is 11.6. The minimum absolute atomic E-state index is 0.131. The fraction of sp³-hybridized carbons (Fsp3) is 0.421. The van der Waals surface area contributed by atoms with E-state index in [9.17, 15) is 4.79 Å². The quantitative estimate of drug-likeness (QED) is 0.914. The van der Waals surface area contributed by atoms with Gasteiger partial charge in [-0.05, 0) is 12.1 Å². The molecule has 1 aromatic heterocycles. The van der Waals surface area contributed by atoms with Gasteiger partial charge in [-0.3, -0.25) is 0 Å². The summed E-state index contributed by atoms with van der Waals surface area (Å²) in [6, 6.07) is 7.26. The van der Waals surface area contributed by atoms with Crippen LogP contribution in [0.25, 0.3) is 0 Å². The first-order chi connectivity index (χ1) is 12.3. The SMILES string of the molecule is CN(C[C@H]1COc2ccccc2O1)C(=O)Nc1cnc(C(C)(C)C)nc1. The fourth-order valence-electron chi connectivity index (χ4n) is 2.54. The molecule has 7 heteroatoms. The summed E-state index contributed by atoms with van der Waals surface area (Å²) >= 11 is 0. The minimum atomic E-state index is -0.250. The van der Waals surface area contributed by atoms with E-state index in [0.717, 1.165) is 11.6 Å². The van der Waals surface area contributed by atoms with E-state index in [0.29, 0.717) is 24.6 Å². The van der Waals surface area contributed by atoms with Gasteiger partial charge in [-0.1, -0.05) is 32.9 Å². The van der Waals surface area contributed by atoms with E-state index >= 15 is 0 Å². The van der Waals surface area contributed by atoms with Gasteiger partial charge in [-0.2, -0.15) is 0 Å². The number of rotatable bonds is 3. The average molecular weight is 356 g/mol. The van der Waals surface area contributed by atoms with Crippen LogP contribution in [-0.4, -0.2) is 47.2 Å². The maximum Gasteiger partial charge on any atom is 0.321 e. The van der Waals surface area contributed by atoms with E-state index in [4.69, 9.17) is 9.47 Å². The van der Waals surface area contributed by atoms with Gasteiger partial charge >= 0.3 is 6.03 Å². The summed E-state index contributed by atoms with van der Waals surface area (Å²) in [5.74, 6) is 2.16. The molecule has 1 aliphatic heterocycles. The summed E-state index contributed by atoms with van der Waals surface area (Å²) in [6.45, 7) is 6.93. The number of hydrogen-bond acceptors (Lipinski definition) is 5. The molecule has 7 nitrogen and oxygen atoms in total. The van der Waals surface area contributed by atoms with Crippen molar-refractivity contribution in [2.75, 3.05) is 25.5 Å². The number of benzene rings is 1. The monoisotopic (exact) mass is 356 g/mol. The Morgan fingerprint density at radius 2 is 1.88 bits per heavy atom. The highest BCUT2D eigenvalue weighted by atomic mass is 16.6. The predicted molar refractivity (Wildman–Crippen MR) is 98.7 cm³/mol. The van der Waals surface area contributed by atoms with E-state index in [1.807, 2.05) is 45.0 Å². The highest BCUT2D eigenvalue weighted by Gasteiger charge is 2.24. The molecule has 2 aromatic rings. The lowest BCUT2D eigenvalue weighted by atomic mass is 9.96. The van der Waals surface area contributed by atoms with E-state index in [1.165, 1.54) is 0 Å². The maximum atomic E-state index is 12.4. The van der Waals surface area contributed by atoms with Crippen LogP contribution in [0, 0.1) is 0 Å². The largest absolute Gasteiger partial charge is 0.486 e. The highest BCUT2D eigenvalue weighted by molar-refractivity contribution is 5.88. The van der Waals surface area contributed by atoms with E-state index in [1.54, 1.807) is 24.3 Å². The van der Waals surface area contributed by atoms with Gasteiger partial charge in [0.2, 0.25) is 0 Å². The van der Waals surface area contributed by atoms with Crippen molar-refractivity contribution in [1.29, 1.82) is 0 Å². The molecule has 0 fully saturated rings. The molecule has 2 heterocycles. The van der Waals surface area contributed by atoms with Crippen LogP contribution in [-0.2, 0) is 5.41 Å². The van der Waals surface area contributed by atoms with Crippen LogP contribution in [0.5, 0.6) is 11.5 Å². The van der Waals surface area contributed by atoms with Crippen molar-refractivity contribution in [3.8, 4) is 11.5 Å². The molecule has 0 saturated carbocycles. The molecule has 0 spiro atoms. The molecule has 0 bridgehead atoms. The summed E-state index contributed by atoms with van der Waals surface area (Å²) in [7, 11) is 1.71. The number of amides is 2. The molecule has 1 aliphatic rings. The van der Waals surface area contributed by atoms with Gasteiger partial charge in [0.05, 0.1) is 24.6 Å². The zero-order valence-corrected chi connectivity index (χ0v) is 15.5. The summed E-state index contributed by atoms with van der Waals surface area (Å²) in [4.78, 5) is 22.6. The Bertz CT molecular complexity index is 771. The number of carbonyl (C=O) groups is 1. The molecule has 138 valence electrons. The number of hydrogen-bond donors (Lipinski definition) is 1. The Balaban J connectivity index is 1.55. The maximum absolute atomic E-state index is 12.4. The standard InChI is InChI=1S/C19H24N4O3/c1-19(2,3)17-20-9-13(10-21-17)22-18(24)23(4)11-14-12-25-15-7-5-6-8-16(15)26-14/h5-10,14H,11-12H2,1-4H3,(H,22,24)/t14-/m0/s1. The van der Waals surface area contributed by atoms with Crippen LogP contribution in [0.4, 0.5) is 10.5 Å². The first kappa shape index (κ1) is 18.0. The van der Waals surface area contributed by atoms with Crippen molar-refractivity contribution in [1.82, 2.24) is 14.9 Å². The first-order valence-electron chi connectivity index (χ1n) is 8.56. The van der Waals surface area contributed by atoms with Crippen LogP contribution in [0.1, 0.15) is 26.6 Å². The number of anilines is 1. The van der Waals surface area contributed by atoms with E-state index in [2.05, 4.69) is 15.3 Å². The van der Waals surface area contributed by atoms with Gasteiger partial charge < -0.3 is 19.7 Å². The topological polar surface area (TPSA) is 76.6 Å². The molecule has 1 atom stereocenters. The Kier molecular flexibility index (Phi) is 4.97. The van der Waals surface area contributed by atoms with Crippen molar-refractivity contribution in [2.45, 2.75) is 32.3 Å². The smallest absolute Gasteiger partial charge is 0.321 e. The highest BCUT2D eigenvalue weighted by Crippen LogP contribution is 2.31. The Morgan fingerprint density at radius 3 is 2.54 bits per heavy atom. The van der Waals surface area contributed by atoms with Gasteiger partial charge in [0.1, 0.15) is 12.4 Å². The second kappa shape index (κ2) is 7.19. The number of para-hydroxylation sites is 2. The van der Waals surface area contributed by atoms with Gasteiger partial charge in [-0.15, -0.1) is 0 Å². The Morgan fingerprint density at radius 1 is 1.23 bits per heavy atom. The molecule has 0 saturated heterocycles. The molecule has 0 unspecified atom stereocenters. The lowest BCUT2D eigenvalue weighted by molar-refractivity contribution is 0.0731. The number of nitrogens with zero attached hydrogens (tertiary/aromatic N) is 3. The number of likely N-dealkylation sites (N-methyl/N-ethyl adjacent to an activating group) is 1. The zero-order chi connectivity index (χ0) is 18.7. The Hall–Kier alpha value is -2.83. The molecule has 3 rings (SSSR count). The van der Waals surface area contributed by atoms with E-state index in [-0.39, 0.29) is 17.6 Å². The summed E-state index contributed by atoms with van der Waals surface area (Å²) in [5, 5.41) is 2.79. The van der Waals surface area contributed by atoms with Crippen LogP contribution < -0.4 is 14.8 Å². The third-order valence-electron chi connectivity index (χ3n) is 3.97. The van der Waals surface area contributed by atoms with Crippen molar-refractivity contribution in [3.05, 3.63) is 42.5 Å². The van der Waals surface area contributed by atoms with Gasteiger partial charge in [0.15, 0.2) is 17.6 Å². The van der Waals surface area contributed by atoms with Gasteiger partial charge in [-0.25, -0.2) is 14.8 Å². The molecule has 1 N–H and O–H groups in total. The number of carbonyl (C=O) groups excluding carboxylic acids is 1. The second-order valence-corrected chi connectivity index (χ2v) is 7.35. The molecular weight excluding hydrogens is 332 g/mol. The predicted octanol–water partition coefficient (Wildman–Crippen LogP) is 3.08. The van der Waals surface area contributed by atoms with Gasteiger partial charge in [0, 0.05) is 12.5 Å². The number of ether oxygens (including phenoxy) is 2. The fourth-order valence-corrected chi connectivity index (χ4v) is 2.54. The lowest BCUT2D eigenvalue weighted by Crippen LogP contribution is -2.43.